The molecular weight excluding hydrogens is 198 g/mol. The zero-order valence-corrected chi connectivity index (χ0v) is 8.06. The van der Waals surface area contributed by atoms with Gasteiger partial charge in [-0.1, -0.05) is 12.7 Å². The molecule has 0 aliphatic rings. The Labute approximate surface area is 85.8 Å². The molecule has 0 spiro atoms. The van der Waals surface area contributed by atoms with Crippen LogP contribution in [0.3, 0.4) is 0 Å². The molecular formula is C10H9NO4. The van der Waals surface area contributed by atoms with Gasteiger partial charge in [0.25, 0.3) is 5.69 Å². The maximum absolute atomic E-state index is 10.8. The third kappa shape index (κ3) is 1.85. The zero-order chi connectivity index (χ0) is 11.6. The van der Waals surface area contributed by atoms with Gasteiger partial charge in [0, 0.05) is 11.6 Å². The lowest BCUT2D eigenvalue weighted by Crippen LogP contribution is -2.03. The summed E-state index contributed by atoms with van der Waals surface area (Å²) in [5.74, 6) is -1.12. The lowest BCUT2D eigenvalue weighted by atomic mass is 10.0. The van der Waals surface area contributed by atoms with Crippen molar-refractivity contribution in [3.05, 3.63) is 45.5 Å². The molecule has 1 rings (SSSR count). The van der Waals surface area contributed by atoms with E-state index in [0.717, 1.165) is 0 Å². The van der Waals surface area contributed by atoms with Gasteiger partial charge in [0.2, 0.25) is 0 Å². The quantitative estimate of drug-likeness (QED) is 0.608. The number of nitrogens with zero attached hydrogens (tertiary/aromatic N) is 1. The van der Waals surface area contributed by atoms with Gasteiger partial charge in [0.05, 0.1) is 10.5 Å². The molecule has 0 unspecified atom stereocenters. The second-order valence-electron chi connectivity index (χ2n) is 2.94. The molecule has 0 aliphatic heterocycles. The van der Waals surface area contributed by atoms with E-state index in [9.17, 15) is 14.9 Å². The van der Waals surface area contributed by atoms with Crippen LogP contribution in [-0.2, 0) is 0 Å². The summed E-state index contributed by atoms with van der Waals surface area (Å²) in [6.07, 6.45) is 1.31. The molecule has 15 heavy (non-hydrogen) atoms. The van der Waals surface area contributed by atoms with Crippen molar-refractivity contribution in [2.45, 2.75) is 6.92 Å². The maximum Gasteiger partial charge on any atom is 0.336 e. The van der Waals surface area contributed by atoms with Crippen molar-refractivity contribution in [2.24, 2.45) is 0 Å². The van der Waals surface area contributed by atoms with E-state index < -0.39 is 10.9 Å². The number of carboxylic acid groups (broad SMARTS) is 1. The molecule has 0 atom stereocenters. The van der Waals surface area contributed by atoms with Gasteiger partial charge in [0.15, 0.2) is 0 Å². The largest absolute Gasteiger partial charge is 0.478 e. The van der Waals surface area contributed by atoms with Crippen LogP contribution in [0.4, 0.5) is 5.69 Å². The lowest BCUT2D eigenvalue weighted by molar-refractivity contribution is -0.385. The molecule has 0 amide bonds. The van der Waals surface area contributed by atoms with E-state index in [1.165, 1.54) is 25.1 Å². The Bertz CT molecular complexity index is 451. The topological polar surface area (TPSA) is 80.4 Å². The molecule has 78 valence electrons. The first-order valence-electron chi connectivity index (χ1n) is 4.12. The van der Waals surface area contributed by atoms with Gasteiger partial charge in [-0.3, -0.25) is 10.1 Å². The Balaban J connectivity index is 3.52. The summed E-state index contributed by atoms with van der Waals surface area (Å²) >= 11 is 0. The molecule has 1 aromatic carbocycles. The molecule has 0 radical (unpaired) electrons. The Hall–Kier alpha value is -2.17. The van der Waals surface area contributed by atoms with Crippen molar-refractivity contribution >= 4 is 17.7 Å². The first-order valence-corrected chi connectivity index (χ1v) is 4.12. The second kappa shape index (κ2) is 3.91. The summed E-state index contributed by atoms with van der Waals surface area (Å²) in [6.45, 7) is 4.95. The zero-order valence-electron chi connectivity index (χ0n) is 8.06. The van der Waals surface area contributed by atoms with Crippen molar-refractivity contribution in [2.75, 3.05) is 0 Å². The monoisotopic (exact) mass is 207 g/mol. The van der Waals surface area contributed by atoms with E-state index in [2.05, 4.69) is 6.58 Å². The highest BCUT2D eigenvalue weighted by molar-refractivity contribution is 5.93. The van der Waals surface area contributed by atoms with Gasteiger partial charge in [-0.15, -0.1) is 0 Å². The summed E-state index contributed by atoms with van der Waals surface area (Å²) in [4.78, 5) is 20.8. The number of nitro groups is 1. The first kappa shape index (κ1) is 10.9. The molecule has 5 heteroatoms. The molecule has 0 saturated heterocycles. The highest BCUT2D eigenvalue weighted by atomic mass is 16.6. The molecule has 1 N–H and O–H groups in total. The van der Waals surface area contributed by atoms with Crippen LogP contribution in [0, 0.1) is 17.0 Å². The molecule has 5 nitrogen and oxygen atoms in total. The number of carboxylic acids is 1. The second-order valence-corrected chi connectivity index (χ2v) is 2.94. The van der Waals surface area contributed by atoms with E-state index in [1.807, 2.05) is 0 Å². The Kier molecular flexibility index (Phi) is 2.85. The minimum Gasteiger partial charge on any atom is -0.478 e. The highest BCUT2D eigenvalue weighted by Gasteiger charge is 2.18. The number of carbonyl (C=O) groups is 1. The average Bonchev–Trinajstić information content (AvgIpc) is 2.16. The third-order valence-electron chi connectivity index (χ3n) is 2.12. The predicted octanol–water partition coefficient (Wildman–Crippen LogP) is 2.24. The predicted molar refractivity (Wildman–Crippen MR) is 54.9 cm³/mol. The van der Waals surface area contributed by atoms with Crippen LogP contribution >= 0.6 is 0 Å². The van der Waals surface area contributed by atoms with Crippen molar-refractivity contribution in [3.63, 3.8) is 0 Å². The van der Waals surface area contributed by atoms with E-state index in [0.29, 0.717) is 5.56 Å². The van der Waals surface area contributed by atoms with E-state index in [4.69, 9.17) is 5.11 Å². The fourth-order valence-electron chi connectivity index (χ4n) is 1.36. The van der Waals surface area contributed by atoms with E-state index in [-0.39, 0.29) is 16.8 Å². The Morgan fingerprint density at radius 2 is 2.20 bits per heavy atom. The van der Waals surface area contributed by atoms with Crippen molar-refractivity contribution in [1.29, 1.82) is 0 Å². The molecule has 0 aliphatic carbocycles. The number of rotatable bonds is 3. The SMILES string of the molecule is C=Cc1c(C(=O)O)ccc([N+](=O)[O-])c1C. The molecule has 1 aromatic rings. The number of benzene rings is 1. The number of hydrogen-bond donors (Lipinski definition) is 1. The van der Waals surface area contributed by atoms with Gasteiger partial charge in [-0.05, 0) is 18.6 Å². The fraction of sp³-hybridized carbons (Fsp3) is 0.100. The van der Waals surface area contributed by atoms with Gasteiger partial charge in [0.1, 0.15) is 0 Å². The molecule has 0 saturated carbocycles. The molecule has 0 heterocycles. The highest BCUT2D eigenvalue weighted by Crippen LogP contribution is 2.25. The van der Waals surface area contributed by atoms with Crippen molar-refractivity contribution in [1.82, 2.24) is 0 Å². The normalized spacial score (nSPS) is 9.67. The third-order valence-corrected chi connectivity index (χ3v) is 2.12. The van der Waals surface area contributed by atoms with Crippen LogP contribution < -0.4 is 0 Å². The smallest absolute Gasteiger partial charge is 0.336 e. The summed E-state index contributed by atoms with van der Waals surface area (Å²) < 4.78 is 0. The van der Waals surface area contributed by atoms with Crippen molar-refractivity contribution < 1.29 is 14.8 Å². The number of nitro benzene ring substituents is 1. The fourth-order valence-corrected chi connectivity index (χ4v) is 1.36. The Morgan fingerprint density at radius 3 is 2.60 bits per heavy atom. The number of aromatic carboxylic acids is 1. The first-order chi connectivity index (χ1) is 6.99. The van der Waals surface area contributed by atoms with E-state index in [1.54, 1.807) is 0 Å². The summed E-state index contributed by atoms with van der Waals surface area (Å²) in [5, 5.41) is 19.4. The van der Waals surface area contributed by atoms with Gasteiger partial charge < -0.3 is 5.11 Å². The average molecular weight is 207 g/mol. The molecule has 0 aromatic heterocycles. The van der Waals surface area contributed by atoms with Gasteiger partial charge in [-0.2, -0.15) is 0 Å². The number of hydrogen-bond acceptors (Lipinski definition) is 3. The lowest BCUT2D eigenvalue weighted by Gasteiger charge is -2.05. The summed E-state index contributed by atoms with van der Waals surface area (Å²) in [7, 11) is 0. The molecule has 0 bridgehead atoms. The van der Waals surface area contributed by atoms with Crippen LogP contribution in [-0.4, -0.2) is 16.0 Å². The standard InChI is InChI=1S/C10H9NO4/c1-3-7-6(2)9(11(14)15)5-4-8(7)10(12)13/h3-5H,1H2,2H3,(H,12,13). The van der Waals surface area contributed by atoms with Gasteiger partial charge in [-0.25, -0.2) is 4.79 Å². The van der Waals surface area contributed by atoms with Crippen LogP contribution in [0.5, 0.6) is 0 Å². The van der Waals surface area contributed by atoms with Gasteiger partial charge >= 0.3 is 5.97 Å². The Morgan fingerprint density at radius 1 is 1.60 bits per heavy atom. The van der Waals surface area contributed by atoms with Crippen molar-refractivity contribution in [3.8, 4) is 0 Å². The van der Waals surface area contributed by atoms with E-state index >= 15 is 0 Å². The van der Waals surface area contributed by atoms with Crippen LogP contribution in [0.25, 0.3) is 6.08 Å². The maximum atomic E-state index is 10.8. The molecule has 0 fully saturated rings. The van der Waals surface area contributed by atoms with Crippen LogP contribution in [0.15, 0.2) is 18.7 Å². The summed E-state index contributed by atoms with van der Waals surface area (Å²) in [5.41, 5.74) is 0.523. The minimum absolute atomic E-state index is 0.0214. The minimum atomic E-state index is -1.12. The van der Waals surface area contributed by atoms with Crippen LogP contribution in [0.1, 0.15) is 21.5 Å². The van der Waals surface area contributed by atoms with Crippen LogP contribution in [0.2, 0.25) is 0 Å². The summed E-state index contributed by atoms with van der Waals surface area (Å²) in [6, 6.07) is 2.40.